The molecule has 0 saturated carbocycles. The summed E-state index contributed by atoms with van der Waals surface area (Å²) in [6.07, 6.45) is 1.02. The summed E-state index contributed by atoms with van der Waals surface area (Å²) in [6, 6.07) is 13.5. The summed E-state index contributed by atoms with van der Waals surface area (Å²) in [5, 5.41) is 10.2. The van der Waals surface area contributed by atoms with E-state index in [0.717, 1.165) is 17.7 Å². The number of nitrogens with zero attached hydrogens (tertiary/aromatic N) is 1. The van der Waals surface area contributed by atoms with E-state index in [-0.39, 0.29) is 5.75 Å². The molecule has 0 saturated heterocycles. The molecule has 0 aliphatic rings. The Labute approximate surface area is 119 Å². The standard InChI is InChI=1S/C16H18ClNO/c1-3-12-5-4-6-14(9-12)18(2)11-13-10-15(19)7-8-16(13)17/h4-10,19H,3,11H2,1-2H3. The largest absolute Gasteiger partial charge is 0.508 e. The highest BCUT2D eigenvalue weighted by Crippen LogP contribution is 2.24. The Balaban J connectivity index is 2.20. The molecule has 0 amide bonds. The van der Waals surface area contributed by atoms with E-state index in [1.807, 2.05) is 7.05 Å². The number of hydrogen-bond acceptors (Lipinski definition) is 2. The van der Waals surface area contributed by atoms with Crippen molar-refractivity contribution in [2.45, 2.75) is 19.9 Å². The molecule has 2 aromatic rings. The third-order valence-electron chi connectivity index (χ3n) is 3.20. The van der Waals surface area contributed by atoms with Crippen LogP contribution in [0, 0.1) is 0 Å². The summed E-state index contributed by atoms with van der Waals surface area (Å²) < 4.78 is 0. The second-order valence-electron chi connectivity index (χ2n) is 4.66. The number of rotatable bonds is 4. The minimum absolute atomic E-state index is 0.245. The zero-order chi connectivity index (χ0) is 13.8. The Morgan fingerprint density at radius 1 is 1.16 bits per heavy atom. The Morgan fingerprint density at radius 3 is 2.68 bits per heavy atom. The maximum absolute atomic E-state index is 9.53. The van der Waals surface area contributed by atoms with E-state index in [4.69, 9.17) is 11.6 Å². The van der Waals surface area contributed by atoms with Gasteiger partial charge in [-0.3, -0.25) is 0 Å². The van der Waals surface area contributed by atoms with E-state index in [1.165, 1.54) is 5.56 Å². The van der Waals surface area contributed by atoms with Gasteiger partial charge in [0, 0.05) is 24.3 Å². The first-order valence-electron chi connectivity index (χ1n) is 6.37. The van der Waals surface area contributed by atoms with Crippen molar-refractivity contribution >= 4 is 17.3 Å². The van der Waals surface area contributed by atoms with Crippen LogP contribution in [0.5, 0.6) is 5.75 Å². The average molecular weight is 276 g/mol. The lowest BCUT2D eigenvalue weighted by atomic mass is 10.1. The van der Waals surface area contributed by atoms with Crippen molar-refractivity contribution in [2.24, 2.45) is 0 Å². The molecule has 2 rings (SSSR count). The second kappa shape index (κ2) is 5.98. The van der Waals surface area contributed by atoms with Gasteiger partial charge in [0.05, 0.1) is 0 Å². The summed E-state index contributed by atoms with van der Waals surface area (Å²) in [6.45, 7) is 2.81. The number of halogens is 1. The molecular formula is C16H18ClNO. The van der Waals surface area contributed by atoms with Gasteiger partial charge in [0.1, 0.15) is 5.75 Å². The smallest absolute Gasteiger partial charge is 0.116 e. The van der Waals surface area contributed by atoms with Crippen LogP contribution in [0.4, 0.5) is 5.69 Å². The van der Waals surface area contributed by atoms with Gasteiger partial charge < -0.3 is 10.0 Å². The molecule has 2 nitrogen and oxygen atoms in total. The molecule has 1 N–H and O–H groups in total. The van der Waals surface area contributed by atoms with Crippen LogP contribution in [0.3, 0.4) is 0 Å². The second-order valence-corrected chi connectivity index (χ2v) is 5.06. The molecule has 100 valence electrons. The molecule has 0 fully saturated rings. The topological polar surface area (TPSA) is 23.5 Å². The van der Waals surface area contributed by atoms with Gasteiger partial charge in [0.25, 0.3) is 0 Å². The van der Waals surface area contributed by atoms with Gasteiger partial charge in [-0.1, -0.05) is 30.7 Å². The van der Waals surface area contributed by atoms with Crippen LogP contribution in [0.1, 0.15) is 18.1 Å². The van der Waals surface area contributed by atoms with Crippen molar-refractivity contribution < 1.29 is 5.11 Å². The molecule has 0 radical (unpaired) electrons. The van der Waals surface area contributed by atoms with Crippen LogP contribution in [-0.2, 0) is 13.0 Å². The van der Waals surface area contributed by atoms with Gasteiger partial charge in [-0.25, -0.2) is 0 Å². The first-order valence-corrected chi connectivity index (χ1v) is 6.75. The Morgan fingerprint density at radius 2 is 1.95 bits per heavy atom. The van der Waals surface area contributed by atoms with Gasteiger partial charge in [0.15, 0.2) is 0 Å². The third-order valence-corrected chi connectivity index (χ3v) is 3.57. The lowest BCUT2D eigenvalue weighted by Gasteiger charge is -2.21. The summed E-state index contributed by atoms with van der Waals surface area (Å²) in [7, 11) is 2.02. The highest BCUT2D eigenvalue weighted by Gasteiger charge is 2.07. The molecule has 0 unspecified atom stereocenters. The number of benzene rings is 2. The quantitative estimate of drug-likeness (QED) is 0.902. The maximum Gasteiger partial charge on any atom is 0.116 e. The van der Waals surface area contributed by atoms with Crippen LogP contribution in [0.25, 0.3) is 0 Å². The minimum Gasteiger partial charge on any atom is -0.508 e. The van der Waals surface area contributed by atoms with Crippen molar-refractivity contribution in [3.05, 3.63) is 58.6 Å². The van der Waals surface area contributed by atoms with Gasteiger partial charge >= 0.3 is 0 Å². The number of phenols is 1. The lowest BCUT2D eigenvalue weighted by Crippen LogP contribution is -2.16. The lowest BCUT2D eigenvalue weighted by molar-refractivity contribution is 0.474. The molecule has 0 heterocycles. The highest BCUT2D eigenvalue weighted by molar-refractivity contribution is 6.31. The van der Waals surface area contributed by atoms with Crippen LogP contribution in [0.15, 0.2) is 42.5 Å². The predicted molar refractivity (Wildman–Crippen MR) is 81.0 cm³/mol. The first-order chi connectivity index (χ1) is 9.10. The van der Waals surface area contributed by atoms with Gasteiger partial charge in [-0.15, -0.1) is 0 Å². The number of anilines is 1. The van der Waals surface area contributed by atoms with E-state index in [9.17, 15) is 5.11 Å². The molecule has 19 heavy (non-hydrogen) atoms. The Bertz CT molecular complexity index is 568. The fourth-order valence-corrected chi connectivity index (χ4v) is 2.22. The van der Waals surface area contributed by atoms with Crippen LogP contribution >= 0.6 is 11.6 Å². The Hall–Kier alpha value is -1.67. The fraction of sp³-hybridized carbons (Fsp3) is 0.250. The van der Waals surface area contributed by atoms with E-state index in [2.05, 4.69) is 36.1 Å². The molecule has 0 aromatic heterocycles. The Kier molecular flexibility index (Phi) is 4.33. The number of aryl methyl sites for hydroxylation is 1. The molecule has 0 spiro atoms. The normalized spacial score (nSPS) is 10.5. The highest BCUT2D eigenvalue weighted by atomic mass is 35.5. The van der Waals surface area contributed by atoms with Gasteiger partial charge in [0.2, 0.25) is 0 Å². The van der Waals surface area contributed by atoms with Crippen molar-refractivity contribution in [1.29, 1.82) is 0 Å². The molecule has 0 aliphatic carbocycles. The van der Waals surface area contributed by atoms with Gasteiger partial charge in [-0.05, 0) is 47.9 Å². The molecule has 0 aliphatic heterocycles. The van der Waals surface area contributed by atoms with Crippen molar-refractivity contribution in [1.82, 2.24) is 0 Å². The zero-order valence-corrected chi connectivity index (χ0v) is 12.0. The van der Waals surface area contributed by atoms with Gasteiger partial charge in [-0.2, -0.15) is 0 Å². The molecule has 0 atom stereocenters. The van der Waals surface area contributed by atoms with Crippen molar-refractivity contribution in [3.8, 4) is 5.75 Å². The minimum atomic E-state index is 0.245. The first kappa shape index (κ1) is 13.8. The van der Waals surface area contributed by atoms with Crippen LogP contribution < -0.4 is 4.90 Å². The molecule has 0 bridgehead atoms. The molecular weight excluding hydrogens is 258 g/mol. The van der Waals surface area contributed by atoms with Crippen LogP contribution in [-0.4, -0.2) is 12.2 Å². The van der Waals surface area contributed by atoms with Crippen LogP contribution in [0.2, 0.25) is 5.02 Å². The van der Waals surface area contributed by atoms with Crippen molar-refractivity contribution in [2.75, 3.05) is 11.9 Å². The predicted octanol–water partition coefficient (Wildman–Crippen LogP) is 4.24. The van der Waals surface area contributed by atoms with E-state index < -0.39 is 0 Å². The fourth-order valence-electron chi connectivity index (χ4n) is 2.04. The van der Waals surface area contributed by atoms with E-state index >= 15 is 0 Å². The SMILES string of the molecule is CCc1cccc(N(C)Cc2cc(O)ccc2Cl)c1. The maximum atomic E-state index is 9.53. The summed E-state index contributed by atoms with van der Waals surface area (Å²) in [5.74, 6) is 0.245. The van der Waals surface area contributed by atoms with E-state index in [1.54, 1.807) is 18.2 Å². The number of hydrogen-bond donors (Lipinski definition) is 1. The number of phenolic OH excluding ortho intramolecular Hbond substituents is 1. The molecule has 2 aromatic carbocycles. The molecule has 3 heteroatoms. The number of aromatic hydroxyl groups is 1. The average Bonchev–Trinajstić information content (AvgIpc) is 2.43. The summed E-state index contributed by atoms with van der Waals surface area (Å²) in [5.41, 5.74) is 3.39. The summed E-state index contributed by atoms with van der Waals surface area (Å²) >= 11 is 6.15. The zero-order valence-electron chi connectivity index (χ0n) is 11.2. The third kappa shape index (κ3) is 3.42. The van der Waals surface area contributed by atoms with Crippen molar-refractivity contribution in [3.63, 3.8) is 0 Å². The monoisotopic (exact) mass is 275 g/mol. The summed E-state index contributed by atoms with van der Waals surface area (Å²) in [4.78, 5) is 2.12. The van der Waals surface area contributed by atoms with E-state index in [0.29, 0.717) is 11.6 Å².